The van der Waals surface area contributed by atoms with Crippen LogP contribution in [0.4, 0.5) is 5.69 Å². The second-order valence-corrected chi connectivity index (χ2v) is 7.00. The average Bonchev–Trinajstić information content (AvgIpc) is 3.02. The summed E-state index contributed by atoms with van der Waals surface area (Å²) in [5.74, 6) is 0.516. The predicted molar refractivity (Wildman–Crippen MR) is 86.3 cm³/mol. The van der Waals surface area contributed by atoms with Gasteiger partial charge in [0.15, 0.2) is 0 Å². The number of nitrogens with one attached hydrogen (secondary N) is 2. The summed E-state index contributed by atoms with van der Waals surface area (Å²) in [5.41, 5.74) is 1.93. The first kappa shape index (κ1) is 15.5. The molecule has 0 spiro atoms. The van der Waals surface area contributed by atoms with Crippen molar-refractivity contribution in [1.29, 1.82) is 0 Å². The van der Waals surface area contributed by atoms with Gasteiger partial charge in [-0.15, -0.1) is 0 Å². The maximum absolute atomic E-state index is 12.3. The first-order valence-electron chi connectivity index (χ1n) is 7.10. The molecule has 6 nitrogen and oxygen atoms in total. The highest BCUT2D eigenvalue weighted by Gasteiger charge is 2.16. The van der Waals surface area contributed by atoms with E-state index < -0.39 is 10.0 Å². The van der Waals surface area contributed by atoms with Crippen molar-refractivity contribution in [2.24, 2.45) is 0 Å². The molecule has 120 valence electrons. The summed E-state index contributed by atoms with van der Waals surface area (Å²) >= 11 is 0. The van der Waals surface area contributed by atoms with Crippen molar-refractivity contribution in [3.05, 3.63) is 53.6 Å². The predicted octanol–water partition coefficient (Wildman–Crippen LogP) is 1.78. The summed E-state index contributed by atoms with van der Waals surface area (Å²) in [5, 5.41) is 2.71. The zero-order chi connectivity index (χ0) is 16.4. The van der Waals surface area contributed by atoms with Crippen molar-refractivity contribution in [1.82, 2.24) is 4.72 Å². The first-order valence-corrected chi connectivity index (χ1v) is 8.58. The van der Waals surface area contributed by atoms with E-state index in [1.807, 2.05) is 0 Å². The first-order chi connectivity index (χ1) is 11.0. The number of rotatable bonds is 4. The molecule has 2 aromatic carbocycles. The Labute approximate surface area is 134 Å². The van der Waals surface area contributed by atoms with Crippen LogP contribution in [0.3, 0.4) is 0 Å². The number of ether oxygens (including phenoxy) is 1. The lowest BCUT2D eigenvalue weighted by Gasteiger charge is -2.08. The van der Waals surface area contributed by atoms with Gasteiger partial charge in [0.25, 0.3) is 5.91 Å². The second kappa shape index (κ2) is 6.02. The molecule has 0 bridgehead atoms. The third-order valence-electron chi connectivity index (χ3n) is 3.62. The van der Waals surface area contributed by atoms with Gasteiger partial charge in [0.2, 0.25) is 10.0 Å². The summed E-state index contributed by atoms with van der Waals surface area (Å²) < 4.78 is 31.3. The molecule has 0 aliphatic carbocycles. The molecule has 1 amide bonds. The smallest absolute Gasteiger partial charge is 0.255 e. The van der Waals surface area contributed by atoms with E-state index in [2.05, 4.69) is 10.0 Å². The second-order valence-electron chi connectivity index (χ2n) is 5.11. The maximum Gasteiger partial charge on any atom is 0.255 e. The van der Waals surface area contributed by atoms with Crippen LogP contribution in [-0.2, 0) is 16.4 Å². The molecule has 3 rings (SSSR count). The van der Waals surface area contributed by atoms with Crippen LogP contribution in [0.2, 0.25) is 0 Å². The van der Waals surface area contributed by atoms with Crippen molar-refractivity contribution in [3.63, 3.8) is 0 Å². The fourth-order valence-corrected chi connectivity index (χ4v) is 3.17. The molecule has 0 saturated carbocycles. The van der Waals surface area contributed by atoms with Crippen LogP contribution < -0.4 is 14.8 Å². The Morgan fingerprint density at radius 3 is 2.78 bits per heavy atom. The fraction of sp³-hybridized carbons (Fsp3) is 0.188. The summed E-state index contributed by atoms with van der Waals surface area (Å²) in [6.45, 7) is 0.629. The maximum atomic E-state index is 12.3. The quantitative estimate of drug-likeness (QED) is 0.894. The van der Waals surface area contributed by atoms with E-state index in [4.69, 9.17) is 4.74 Å². The number of anilines is 1. The van der Waals surface area contributed by atoms with Crippen LogP contribution >= 0.6 is 0 Å². The summed E-state index contributed by atoms with van der Waals surface area (Å²) in [7, 11) is -2.21. The Hall–Kier alpha value is -2.38. The molecule has 1 heterocycles. The van der Waals surface area contributed by atoms with Crippen molar-refractivity contribution in [2.75, 3.05) is 19.0 Å². The number of carbonyl (C=O) groups is 1. The van der Waals surface area contributed by atoms with Crippen molar-refractivity contribution in [3.8, 4) is 5.75 Å². The van der Waals surface area contributed by atoms with E-state index in [9.17, 15) is 13.2 Å². The van der Waals surface area contributed by atoms with Gasteiger partial charge in [-0.05, 0) is 49.0 Å². The highest BCUT2D eigenvalue weighted by Crippen LogP contribution is 2.26. The van der Waals surface area contributed by atoms with Crippen LogP contribution in [0.5, 0.6) is 5.75 Å². The molecule has 0 unspecified atom stereocenters. The third kappa shape index (κ3) is 3.20. The molecule has 0 radical (unpaired) electrons. The Morgan fingerprint density at radius 2 is 2.00 bits per heavy atom. The lowest BCUT2D eigenvalue weighted by molar-refractivity contribution is 0.102. The molecular weight excluding hydrogens is 316 g/mol. The van der Waals surface area contributed by atoms with E-state index in [0.29, 0.717) is 17.9 Å². The van der Waals surface area contributed by atoms with E-state index in [-0.39, 0.29) is 10.8 Å². The normalized spacial score (nSPS) is 13.3. The molecule has 2 N–H and O–H groups in total. The van der Waals surface area contributed by atoms with Gasteiger partial charge >= 0.3 is 0 Å². The van der Waals surface area contributed by atoms with E-state index in [1.165, 1.54) is 19.2 Å². The topological polar surface area (TPSA) is 84.5 Å². The SMILES string of the molecule is CNS(=O)(=O)c1cccc(NC(=O)c2ccc3c(c2)CCO3)c1. The molecule has 0 atom stereocenters. The van der Waals surface area contributed by atoms with Crippen LogP contribution in [0.1, 0.15) is 15.9 Å². The molecule has 1 aliphatic heterocycles. The number of hydrogen-bond donors (Lipinski definition) is 2. The van der Waals surface area contributed by atoms with E-state index in [0.717, 1.165) is 17.7 Å². The Kier molecular flexibility index (Phi) is 4.06. The largest absolute Gasteiger partial charge is 0.493 e. The summed E-state index contributed by atoms with van der Waals surface area (Å²) in [4.78, 5) is 12.4. The monoisotopic (exact) mass is 332 g/mol. The molecule has 0 aromatic heterocycles. The van der Waals surface area contributed by atoms with Gasteiger partial charge in [-0.1, -0.05) is 6.07 Å². The van der Waals surface area contributed by atoms with E-state index in [1.54, 1.807) is 30.3 Å². The van der Waals surface area contributed by atoms with E-state index >= 15 is 0 Å². The Balaban J connectivity index is 1.82. The molecule has 23 heavy (non-hydrogen) atoms. The number of amides is 1. The fourth-order valence-electron chi connectivity index (χ4n) is 2.39. The molecule has 7 heteroatoms. The third-order valence-corrected chi connectivity index (χ3v) is 5.03. The van der Waals surface area contributed by atoms with Gasteiger partial charge in [0.1, 0.15) is 5.75 Å². The molecular formula is C16H16N2O4S. The minimum absolute atomic E-state index is 0.0974. The van der Waals surface area contributed by atoms with Crippen LogP contribution in [-0.4, -0.2) is 28.0 Å². The van der Waals surface area contributed by atoms with Gasteiger partial charge < -0.3 is 10.1 Å². The number of benzene rings is 2. The van der Waals surface area contributed by atoms with Crippen LogP contribution in [0.15, 0.2) is 47.4 Å². The summed E-state index contributed by atoms with van der Waals surface area (Å²) in [6, 6.07) is 11.4. The van der Waals surface area contributed by atoms with Crippen molar-refractivity contribution in [2.45, 2.75) is 11.3 Å². The lowest BCUT2D eigenvalue weighted by Crippen LogP contribution is -2.19. The number of fused-ring (bicyclic) bond motifs is 1. The molecule has 0 fully saturated rings. The van der Waals surface area contributed by atoms with Crippen molar-refractivity contribution < 1.29 is 17.9 Å². The highest BCUT2D eigenvalue weighted by atomic mass is 32.2. The van der Waals surface area contributed by atoms with Gasteiger partial charge in [-0.2, -0.15) is 0 Å². The Morgan fingerprint density at radius 1 is 1.17 bits per heavy atom. The standard InChI is InChI=1S/C16H16N2O4S/c1-17-23(20,21)14-4-2-3-13(10-14)18-16(19)12-5-6-15-11(9-12)7-8-22-15/h2-6,9-10,17H,7-8H2,1H3,(H,18,19). The highest BCUT2D eigenvalue weighted by molar-refractivity contribution is 7.89. The molecule has 2 aromatic rings. The van der Waals surface area contributed by atoms with Gasteiger partial charge in [0.05, 0.1) is 11.5 Å². The minimum atomic E-state index is -3.55. The van der Waals surface area contributed by atoms with Crippen LogP contribution in [0.25, 0.3) is 0 Å². The number of hydrogen-bond acceptors (Lipinski definition) is 4. The zero-order valence-electron chi connectivity index (χ0n) is 12.5. The lowest BCUT2D eigenvalue weighted by atomic mass is 10.1. The Bertz CT molecular complexity index is 862. The van der Waals surface area contributed by atoms with Gasteiger partial charge in [-0.25, -0.2) is 13.1 Å². The minimum Gasteiger partial charge on any atom is -0.493 e. The molecule has 1 aliphatic rings. The average molecular weight is 332 g/mol. The van der Waals surface area contributed by atoms with Gasteiger partial charge in [-0.3, -0.25) is 4.79 Å². The van der Waals surface area contributed by atoms with Crippen LogP contribution in [0, 0.1) is 0 Å². The number of carbonyl (C=O) groups excluding carboxylic acids is 1. The number of sulfonamides is 1. The van der Waals surface area contributed by atoms with Crippen molar-refractivity contribution >= 4 is 21.6 Å². The molecule has 0 saturated heterocycles. The van der Waals surface area contributed by atoms with Gasteiger partial charge in [0, 0.05) is 17.7 Å². The summed E-state index contributed by atoms with van der Waals surface area (Å²) in [6.07, 6.45) is 0.784. The zero-order valence-corrected chi connectivity index (χ0v) is 13.3.